The summed E-state index contributed by atoms with van der Waals surface area (Å²) in [6.45, 7) is 0.479. The SMILES string of the molecule is COc1ccc(OC[C@@H](O)Cn2c(NCc3ccccc3)nc3c2c(=O)[nH]c(=O)n3C)cc1. The first-order chi connectivity index (χ1) is 16.0. The van der Waals surface area contributed by atoms with Crippen molar-refractivity contribution >= 4 is 17.1 Å². The van der Waals surface area contributed by atoms with Crippen molar-refractivity contribution in [3.63, 3.8) is 0 Å². The molecule has 0 spiro atoms. The molecular formula is C23H25N5O5. The fraction of sp³-hybridized carbons (Fsp3) is 0.261. The van der Waals surface area contributed by atoms with Gasteiger partial charge in [-0.3, -0.25) is 14.3 Å². The van der Waals surface area contributed by atoms with Crippen LogP contribution >= 0.6 is 0 Å². The fourth-order valence-electron chi connectivity index (χ4n) is 3.45. The third-order valence-electron chi connectivity index (χ3n) is 5.20. The molecule has 10 nitrogen and oxygen atoms in total. The Balaban J connectivity index is 1.58. The standard InChI is InChI=1S/C23H25N5O5/c1-27-20-19(21(30)26-23(27)31)28(22(25-20)24-12-15-6-4-3-5-7-15)13-16(29)14-33-18-10-8-17(32-2)9-11-18/h3-11,16,29H,12-14H2,1-2H3,(H,24,25)(H,26,30,31)/t16-/m0/s1. The topological polar surface area (TPSA) is 123 Å². The number of aromatic amines is 1. The molecule has 4 rings (SSSR count). The molecule has 0 unspecified atom stereocenters. The number of H-pyrrole nitrogens is 1. The van der Waals surface area contributed by atoms with Crippen LogP contribution in [0.2, 0.25) is 0 Å². The van der Waals surface area contributed by atoms with Crippen LogP contribution in [0.25, 0.3) is 11.2 Å². The van der Waals surface area contributed by atoms with Crippen LogP contribution in [0.3, 0.4) is 0 Å². The Morgan fingerprint density at radius 2 is 1.79 bits per heavy atom. The number of imidazole rings is 1. The second-order valence-corrected chi connectivity index (χ2v) is 7.52. The second kappa shape index (κ2) is 9.61. The molecule has 0 bridgehead atoms. The van der Waals surface area contributed by atoms with Crippen LogP contribution < -0.4 is 26.0 Å². The summed E-state index contributed by atoms with van der Waals surface area (Å²) in [5, 5.41) is 13.9. The molecule has 0 amide bonds. The number of nitrogens with one attached hydrogen (secondary N) is 2. The van der Waals surface area contributed by atoms with Crippen LogP contribution in [0.4, 0.5) is 5.95 Å². The molecule has 0 aliphatic heterocycles. The molecule has 4 aromatic rings. The number of fused-ring (bicyclic) bond motifs is 1. The zero-order valence-electron chi connectivity index (χ0n) is 18.3. The first-order valence-electron chi connectivity index (χ1n) is 10.4. The molecule has 0 saturated carbocycles. The number of nitrogens with zero attached hydrogens (tertiary/aromatic N) is 3. The third kappa shape index (κ3) is 4.90. The van der Waals surface area contributed by atoms with E-state index in [1.54, 1.807) is 35.9 Å². The summed E-state index contributed by atoms with van der Waals surface area (Å²) in [6, 6.07) is 16.7. The van der Waals surface area contributed by atoms with Gasteiger partial charge in [0.1, 0.15) is 24.2 Å². The molecule has 33 heavy (non-hydrogen) atoms. The molecule has 10 heteroatoms. The molecule has 1 atom stereocenters. The average molecular weight is 451 g/mol. The molecule has 172 valence electrons. The number of benzene rings is 2. The first kappa shape index (κ1) is 22.2. The molecule has 0 aliphatic carbocycles. The molecule has 0 fully saturated rings. The summed E-state index contributed by atoms with van der Waals surface area (Å²) in [4.78, 5) is 31.4. The van der Waals surface area contributed by atoms with Crippen molar-refractivity contribution in [2.24, 2.45) is 7.05 Å². The number of hydrogen-bond acceptors (Lipinski definition) is 7. The summed E-state index contributed by atoms with van der Waals surface area (Å²) in [5.41, 5.74) is 0.299. The Morgan fingerprint density at radius 3 is 2.48 bits per heavy atom. The van der Waals surface area contributed by atoms with Crippen molar-refractivity contribution in [1.29, 1.82) is 0 Å². The lowest BCUT2D eigenvalue weighted by molar-refractivity contribution is 0.0938. The quantitative estimate of drug-likeness (QED) is 0.352. The van der Waals surface area contributed by atoms with Gasteiger partial charge in [-0.05, 0) is 29.8 Å². The first-order valence-corrected chi connectivity index (χ1v) is 10.4. The minimum atomic E-state index is -0.946. The summed E-state index contributed by atoms with van der Waals surface area (Å²) < 4.78 is 13.6. The van der Waals surface area contributed by atoms with Crippen molar-refractivity contribution in [3.8, 4) is 11.5 Å². The van der Waals surface area contributed by atoms with Gasteiger partial charge in [-0.15, -0.1) is 0 Å². The molecule has 0 aliphatic rings. The highest BCUT2D eigenvalue weighted by Crippen LogP contribution is 2.19. The number of aliphatic hydroxyl groups is 1. The summed E-state index contributed by atoms with van der Waals surface area (Å²) in [6.07, 6.45) is -0.946. The molecule has 2 aromatic heterocycles. The Labute approximate surface area is 189 Å². The van der Waals surface area contributed by atoms with Crippen molar-refractivity contribution in [3.05, 3.63) is 81.0 Å². The third-order valence-corrected chi connectivity index (χ3v) is 5.20. The predicted octanol–water partition coefficient (Wildman–Crippen LogP) is 1.48. The maximum atomic E-state index is 12.6. The van der Waals surface area contributed by atoms with Gasteiger partial charge in [0.15, 0.2) is 11.2 Å². The van der Waals surface area contributed by atoms with Crippen LogP contribution in [-0.2, 0) is 20.1 Å². The van der Waals surface area contributed by atoms with E-state index in [9.17, 15) is 14.7 Å². The Hall–Kier alpha value is -4.05. The van der Waals surface area contributed by atoms with Gasteiger partial charge in [-0.1, -0.05) is 30.3 Å². The van der Waals surface area contributed by atoms with Crippen molar-refractivity contribution in [2.45, 2.75) is 19.2 Å². The number of hydrogen-bond donors (Lipinski definition) is 3. The van der Waals surface area contributed by atoms with Crippen LogP contribution in [0.1, 0.15) is 5.56 Å². The number of aromatic nitrogens is 4. The lowest BCUT2D eigenvalue weighted by Gasteiger charge is -2.16. The maximum absolute atomic E-state index is 12.6. The summed E-state index contributed by atoms with van der Waals surface area (Å²) in [5.74, 6) is 1.64. The number of methoxy groups -OCH3 is 1. The zero-order chi connectivity index (χ0) is 23.4. The van der Waals surface area contributed by atoms with Gasteiger partial charge in [0.25, 0.3) is 5.56 Å². The van der Waals surface area contributed by atoms with E-state index in [4.69, 9.17) is 9.47 Å². The fourth-order valence-corrected chi connectivity index (χ4v) is 3.45. The molecule has 2 heterocycles. The van der Waals surface area contributed by atoms with Gasteiger partial charge < -0.3 is 24.5 Å². The highest BCUT2D eigenvalue weighted by atomic mass is 16.5. The van der Waals surface area contributed by atoms with Gasteiger partial charge in [0.05, 0.1) is 13.7 Å². The number of aryl methyl sites for hydroxylation is 1. The molecular weight excluding hydrogens is 426 g/mol. The van der Waals surface area contributed by atoms with Crippen LogP contribution in [0.15, 0.2) is 64.2 Å². The van der Waals surface area contributed by atoms with E-state index in [2.05, 4.69) is 15.3 Å². The minimum Gasteiger partial charge on any atom is -0.497 e. The Morgan fingerprint density at radius 1 is 1.09 bits per heavy atom. The number of rotatable bonds is 9. The van der Waals surface area contributed by atoms with E-state index in [1.807, 2.05) is 30.3 Å². The van der Waals surface area contributed by atoms with Crippen molar-refractivity contribution in [1.82, 2.24) is 19.1 Å². The minimum absolute atomic E-state index is 0.00615. The van der Waals surface area contributed by atoms with E-state index in [1.165, 1.54) is 11.6 Å². The lowest BCUT2D eigenvalue weighted by atomic mass is 10.2. The summed E-state index contributed by atoms with van der Waals surface area (Å²) >= 11 is 0. The molecule has 3 N–H and O–H groups in total. The molecule has 0 saturated heterocycles. The van der Waals surface area contributed by atoms with Gasteiger partial charge in [-0.2, -0.15) is 4.98 Å². The zero-order valence-corrected chi connectivity index (χ0v) is 18.3. The van der Waals surface area contributed by atoms with E-state index < -0.39 is 17.4 Å². The van der Waals surface area contributed by atoms with Crippen LogP contribution in [-0.4, -0.2) is 44.0 Å². The lowest BCUT2D eigenvalue weighted by Crippen LogP contribution is -2.31. The Kier molecular flexibility index (Phi) is 6.45. The van der Waals surface area contributed by atoms with Gasteiger partial charge in [0, 0.05) is 13.6 Å². The maximum Gasteiger partial charge on any atom is 0.329 e. The number of aliphatic hydroxyl groups excluding tert-OH is 1. The predicted molar refractivity (Wildman–Crippen MR) is 124 cm³/mol. The summed E-state index contributed by atoms with van der Waals surface area (Å²) in [7, 11) is 3.11. The number of ether oxygens (including phenoxy) is 2. The number of anilines is 1. The van der Waals surface area contributed by atoms with E-state index in [0.717, 1.165) is 5.56 Å². The monoisotopic (exact) mass is 451 g/mol. The average Bonchev–Trinajstić information content (AvgIpc) is 3.19. The molecule has 0 radical (unpaired) electrons. The van der Waals surface area contributed by atoms with E-state index >= 15 is 0 Å². The van der Waals surface area contributed by atoms with Gasteiger partial charge in [-0.25, -0.2) is 4.79 Å². The Bertz CT molecular complexity index is 1340. The van der Waals surface area contributed by atoms with Gasteiger partial charge in [0.2, 0.25) is 5.95 Å². The smallest absolute Gasteiger partial charge is 0.329 e. The highest BCUT2D eigenvalue weighted by Gasteiger charge is 2.20. The highest BCUT2D eigenvalue weighted by molar-refractivity contribution is 5.74. The van der Waals surface area contributed by atoms with Crippen LogP contribution in [0.5, 0.6) is 11.5 Å². The van der Waals surface area contributed by atoms with Crippen LogP contribution in [0, 0.1) is 0 Å². The molecule has 2 aromatic carbocycles. The largest absolute Gasteiger partial charge is 0.497 e. The van der Waals surface area contributed by atoms with Crippen molar-refractivity contribution in [2.75, 3.05) is 19.0 Å². The van der Waals surface area contributed by atoms with E-state index in [-0.39, 0.29) is 24.3 Å². The normalized spacial score (nSPS) is 12.0. The second-order valence-electron chi connectivity index (χ2n) is 7.52. The van der Waals surface area contributed by atoms with E-state index in [0.29, 0.717) is 24.0 Å². The van der Waals surface area contributed by atoms with Crippen molar-refractivity contribution < 1.29 is 14.6 Å². The van der Waals surface area contributed by atoms with Gasteiger partial charge >= 0.3 is 5.69 Å².